The van der Waals surface area contributed by atoms with Gasteiger partial charge in [0.2, 0.25) is 10.0 Å². The molecule has 8 nitrogen and oxygen atoms in total. The van der Waals surface area contributed by atoms with Crippen molar-refractivity contribution in [2.24, 2.45) is 0 Å². The second-order valence-electron chi connectivity index (χ2n) is 12.5. The normalized spacial score (nSPS) is 20.5. The molecule has 0 aromatic heterocycles. The van der Waals surface area contributed by atoms with Crippen LogP contribution in [0.2, 0.25) is 0 Å². The van der Waals surface area contributed by atoms with Crippen LogP contribution in [0.15, 0.2) is 161 Å². The molecule has 5 aromatic carbocycles. The van der Waals surface area contributed by atoms with Gasteiger partial charge in [-0.05, 0) is 46.5 Å². The topological polar surface area (TPSA) is 93.0 Å². The Labute approximate surface area is 301 Å². The maximum Gasteiger partial charge on any atom is 0.269 e. The van der Waals surface area contributed by atoms with Gasteiger partial charge in [-0.3, -0.25) is 15.0 Å². The third kappa shape index (κ3) is 6.45. The van der Waals surface area contributed by atoms with Crippen molar-refractivity contribution in [1.29, 1.82) is 0 Å². The van der Waals surface area contributed by atoms with Crippen molar-refractivity contribution >= 4 is 31.6 Å². The van der Waals surface area contributed by atoms with Crippen LogP contribution in [0, 0.1) is 10.1 Å². The molecule has 0 saturated carbocycles. The standard InChI is InChI=1S/C40H36BrN3O5S/c41-34-20-18-30(19-21-34)39-37-28-42(50(47,48)36-24-22-35(23-25-36)44(45)46)26-10-11-27-43(37)38(39)29-49-40(31-12-4-1-5-13-31,32-14-6-2-7-15-32)33-16-8-3-9-17-33/h1-25,37-39H,26-29H2/b11-10-/t37-,38+,39+/m0/s1. The third-order valence-electron chi connectivity index (χ3n) is 9.82. The van der Waals surface area contributed by atoms with Crippen molar-refractivity contribution in [1.82, 2.24) is 9.21 Å². The van der Waals surface area contributed by atoms with E-state index in [1.54, 1.807) is 0 Å². The number of benzene rings is 5. The van der Waals surface area contributed by atoms with Gasteiger partial charge < -0.3 is 4.74 Å². The first-order valence-corrected chi connectivity index (χ1v) is 18.7. The van der Waals surface area contributed by atoms with Gasteiger partial charge >= 0.3 is 0 Å². The molecule has 5 aromatic rings. The van der Waals surface area contributed by atoms with Gasteiger partial charge in [-0.25, -0.2) is 8.42 Å². The zero-order valence-electron chi connectivity index (χ0n) is 27.2. The molecule has 0 bridgehead atoms. The van der Waals surface area contributed by atoms with Gasteiger partial charge in [-0.1, -0.05) is 131 Å². The molecule has 1 fully saturated rings. The number of sulfonamides is 1. The Kier molecular flexibility index (Phi) is 9.81. The average Bonchev–Trinajstić information content (AvgIpc) is 3.14. The zero-order valence-corrected chi connectivity index (χ0v) is 29.6. The fourth-order valence-electron chi connectivity index (χ4n) is 7.37. The van der Waals surface area contributed by atoms with E-state index in [0.29, 0.717) is 13.2 Å². The lowest BCUT2D eigenvalue weighted by atomic mass is 9.74. The molecule has 1 saturated heterocycles. The SMILES string of the molecule is O=[N+]([O-])c1ccc(S(=O)(=O)N2C/C=C\CN3[C@H](COC(c4ccccc4)(c4ccccc4)c4ccccc4)[C@H](c4ccc(Br)cc4)[C@@H]3C2)cc1. The summed E-state index contributed by atoms with van der Waals surface area (Å²) in [6.45, 7) is 1.48. The molecule has 0 amide bonds. The lowest BCUT2D eigenvalue weighted by Crippen LogP contribution is -2.68. The van der Waals surface area contributed by atoms with Crippen molar-refractivity contribution in [2.45, 2.75) is 28.5 Å². The molecule has 2 aliphatic rings. The minimum Gasteiger partial charge on any atom is -0.359 e. The highest BCUT2D eigenvalue weighted by molar-refractivity contribution is 9.10. The van der Waals surface area contributed by atoms with Gasteiger partial charge in [0.15, 0.2) is 0 Å². The Morgan fingerprint density at radius 3 is 1.78 bits per heavy atom. The van der Waals surface area contributed by atoms with Crippen molar-refractivity contribution in [2.75, 3.05) is 26.2 Å². The Balaban J connectivity index is 1.26. The molecule has 254 valence electrons. The van der Waals surface area contributed by atoms with E-state index in [-0.39, 0.29) is 41.7 Å². The van der Waals surface area contributed by atoms with Gasteiger partial charge in [0, 0.05) is 54.2 Å². The van der Waals surface area contributed by atoms with E-state index in [1.165, 1.54) is 28.6 Å². The lowest BCUT2D eigenvalue weighted by Gasteiger charge is -2.57. The van der Waals surface area contributed by atoms with Crippen molar-refractivity contribution in [3.05, 3.63) is 189 Å². The van der Waals surface area contributed by atoms with Crippen molar-refractivity contribution in [3.63, 3.8) is 0 Å². The molecule has 7 rings (SSSR count). The molecule has 0 unspecified atom stereocenters. The Hall–Kier alpha value is -4.45. The summed E-state index contributed by atoms with van der Waals surface area (Å²) in [4.78, 5) is 13.1. The Morgan fingerprint density at radius 1 is 0.740 bits per heavy atom. The van der Waals surface area contributed by atoms with Crippen LogP contribution in [0.1, 0.15) is 28.2 Å². The second kappa shape index (κ2) is 14.4. The highest BCUT2D eigenvalue weighted by atomic mass is 79.9. The van der Waals surface area contributed by atoms with Crippen LogP contribution in [0.3, 0.4) is 0 Å². The van der Waals surface area contributed by atoms with Gasteiger partial charge in [0.1, 0.15) is 5.60 Å². The highest BCUT2D eigenvalue weighted by Gasteiger charge is 2.51. The molecular weight excluding hydrogens is 714 g/mol. The average molecular weight is 751 g/mol. The number of nitrogens with zero attached hydrogens (tertiary/aromatic N) is 3. The van der Waals surface area contributed by atoms with Crippen LogP contribution in [0.5, 0.6) is 0 Å². The smallest absolute Gasteiger partial charge is 0.269 e. The number of non-ortho nitro benzene ring substituents is 1. The molecule has 0 spiro atoms. The van der Waals surface area contributed by atoms with Gasteiger partial charge in [-0.15, -0.1) is 0 Å². The van der Waals surface area contributed by atoms with E-state index >= 15 is 0 Å². The fraction of sp³-hybridized carbons (Fsp3) is 0.200. The maximum absolute atomic E-state index is 14.0. The summed E-state index contributed by atoms with van der Waals surface area (Å²) in [5.41, 5.74) is 3.09. The Morgan fingerprint density at radius 2 is 1.26 bits per heavy atom. The number of fused-ring (bicyclic) bond motifs is 1. The molecule has 0 radical (unpaired) electrons. The predicted octanol–water partition coefficient (Wildman–Crippen LogP) is 7.76. The van der Waals surface area contributed by atoms with E-state index in [9.17, 15) is 18.5 Å². The van der Waals surface area contributed by atoms with E-state index in [2.05, 4.69) is 69.4 Å². The molecule has 0 aliphatic carbocycles. The summed E-state index contributed by atoms with van der Waals surface area (Å²) in [5, 5.41) is 11.2. The number of ether oxygens (including phenoxy) is 1. The van der Waals surface area contributed by atoms with E-state index < -0.39 is 20.5 Å². The first kappa shape index (κ1) is 34.0. The molecular formula is C40H36BrN3O5S. The first-order valence-electron chi connectivity index (χ1n) is 16.5. The Bertz CT molecular complexity index is 1970. The minimum absolute atomic E-state index is 0.0291. The number of halogens is 1. The second-order valence-corrected chi connectivity index (χ2v) is 15.4. The van der Waals surface area contributed by atoms with Crippen LogP contribution in [0.25, 0.3) is 0 Å². The van der Waals surface area contributed by atoms with Crippen LogP contribution in [-0.2, 0) is 20.4 Å². The number of rotatable bonds is 10. The number of nitro benzene ring substituents is 1. The molecule has 3 atom stereocenters. The predicted molar refractivity (Wildman–Crippen MR) is 197 cm³/mol. The van der Waals surface area contributed by atoms with Crippen LogP contribution in [0.4, 0.5) is 5.69 Å². The molecule has 2 heterocycles. The van der Waals surface area contributed by atoms with Crippen LogP contribution < -0.4 is 0 Å². The van der Waals surface area contributed by atoms with Gasteiger partial charge in [0.05, 0.1) is 16.4 Å². The van der Waals surface area contributed by atoms with E-state index in [1.807, 2.05) is 78.9 Å². The molecule has 0 N–H and O–H groups in total. The van der Waals surface area contributed by atoms with Crippen LogP contribution >= 0.6 is 15.9 Å². The van der Waals surface area contributed by atoms with Crippen molar-refractivity contribution in [3.8, 4) is 0 Å². The summed E-state index contributed by atoms with van der Waals surface area (Å²) >= 11 is 3.58. The van der Waals surface area contributed by atoms with E-state index in [4.69, 9.17) is 4.74 Å². The molecule has 50 heavy (non-hydrogen) atoms. The number of hydrogen-bond acceptors (Lipinski definition) is 6. The molecule has 10 heteroatoms. The summed E-state index contributed by atoms with van der Waals surface area (Å²) < 4.78 is 37.7. The van der Waals surface area contributed by atoms with Gasteiger partial charge in [-0.2, -0.15) is 4.31 Å². The fourth-order valence-corrected chi connectivity index (χ4v) is 9.04. The minimum atomic E-state index is -3.95. The number of nitro groups is 1. The van der Waals surface area contributed by atoms with Crippen molar-refractivity contribution < 1.29 is 18.1 Å². The highest BCUT2D eigenvalue weighted by Crippen LogP contribution is 2.46. The monoisotopic (exact) mass is 749 g/mol. The maximum atomic E-state index is 14.0. The quantitative estimate of drug-likeness (QED) is 0.0628. The molecule has 2 aliphatic heterocycles. The zero-order chi connectivity index (χ0) is 34.7. The van der Waals surface area contributed by atoms with E-state index in [0.717, 1.165) is 26.7 Å². The summed E-state index contributed by atoms with van der Waals surface area (Å²) in [5.74, 6) is -0.0378. The number of hydrogen-bond donors (Lipinski definition) is 0. The summed E-state index contributed by atoms with van der Waals surface area (Å²) in [6.07, 6.45) is 3.90. The largest absolute Gasteiger partial charge is 0.359 e. The summed E-state index contributed by atoms with van der Waals surface area (Å²) in [7, 11) is -3.95. The third-order valence-corrected chi connectivity index (χ3v) is 12.2. The summed E-state index contributed by atoms with van der Waals surface area (Å²) in [6, 6.07) is 44.0. The lowest BCUT2D eigenvalue weighted by molar-refractivity contribution is -0.384. The van der Waals surface area contributed by atoms with Gasteiger partial charge in [0.25, 0.3) is 5.69 Å². The first-order chi connectivity index (χ1) is 24.3. The van der Waals surface area contributed by atoms with Crippen LogP contribution in [-0.4, -0.2) is 60.9 Å².